The first-order valence-electron chi connectivity index (χ1n) is 10.5. The molecule has 0 aliphatic heterocycles. The van der Waals surface area contributed by atoms with Gasteiger partial charge in [0.2, 0.25) is 5.91 Å². The molecule has 0 unspecified atom stereocenters. The van der Waals surface area contributed by atoms with Crippen molar-refractivity contribution in [2.45, 2.75) is 52.6 Å². The van der Waals surface area contributed by atoms with Crippen molar-refractivity contribution < 1.29 is 14.3 Å². The predicted octanol–water partition coefficient (Wildman–Crippen LogP) is 4.86. The van der Waals surface area contributed by atoms with Crippen molar-refractivity contribution in [3.8, 4) is 5.75 Å². The summed E-state index contributed by atoms with van der Waals surface area (Å²) >= 11 is 3.39. The molecule has 2 rings (SSSR count). The molecule has 0 aliphatic rings. The van der Waals surface area contributed by atoms with Crippen molar-refractivity contribution in [2.75, 3.05) is 13.2 Å². The second-order valence-corrected chi connectivity index (χ2v) is 8.23. The van der Waals surface area contributed by atoms with Gasteiger partial charge in [-0.2, -0.15) is 0 Å². The molecule has 0 aliphatic carbocycles. The van der Waals surface area contributed by atoms with Gasteiger partial charge in [0, 0.05) is 17.6 Å². The Morgan fingerprint density at radius 1 is 1.07 bits per heavy atom. The third-order valence-electron chi connectivity index (χ3n) is 4.86. The van der Waals surface area contributed by atoms with Gasteiger partial charge in [-0.05, 0) is 49.6 Å². The van der Waals surface area contributed by atoms with Crippen LogP contribution < -0.4 is 10.1 Å². The number of rotatable bonds is 11. The summed E-state index contributed by atoms with van der Waals surface area (Å²) in [6.07, 6.45) is 2.46. The van der Waals surface area contributed by atoms with Gasteiger partial charge < -0.3 is 15.0 Å². The van der Waals surface area contributed by atoms with Crippen molar-refractivity contribution in [1.29, 1.82) is 0 Å². The van der Waals surface area contributed by atoms with Gasteiger partial charge >= 0.3 is 0 Å². The van der Waals surface area contributed by atoms with Crippen LogP contribution in [-0.2, 0) is 16.1 Å². The predicted molar refractivity (Wildman–Crippen MR) is 123 cm³/mol. The van der Waals surface area contributed by atoms with Crippen LogP contribution in [0.4, 0.5) is 0 Å². The van der Waals surface area contributed by atoms with E-state index >= 15 is 0 Å². The zero-order chi connectivity index (χ0) is 21.9. The SMILES string of the molecule is CCCCNC(=O)[C@H](CC)N(Cc1ccc(C)cc1)C(=O)COc1ccc(Br)cc1. The standard InChI is InChI=1S/C24H31BrN2O3/c1-4-6-15-26-24(29)22(5-2)27(16-19-9-7-18(3)8-10-19)23(28)17-30-21-13-11-20(25)12-14-21/h7-14,22H,4-6,15-17H2,1-3H3,(H,26,29)/t22-/m0/s1. The van der Waals surface area contributed by atoms with Gasteiger partial charge in [-0.25, -0.2) is 0 Å². The number of hydrogen-bond donors (Lipinski definition) is 1. The lowest BCUT2D eigenvalue weighted by atomic mass is 10.1. The maximum Gasteiger partial charge on any atom is 0.261 e. The topological polar surface area (TPSA) is 58.6 Å². The average molecular weight is 475 g/mol. The van der Waals surface area contributed by atoms with Crippen LogP contribution >= 0.6 is 15.9 Å². The zero-order valence-electron chi connectivity index (χ0n) is 18.0. The highest BCUT2D eigenvalue weighted by Gasteiger charge is 2.28. The van der Waals surface area contributed by atoms with E-state index in [1.165, 1.54) is 0 Å². The van der Waals surface area contributed by atoms with E-state index in [0.717, 1.165) is 28.4 Å². The molecule has 0 radical (unpaired) electrons. The third-order valence-corrected chi connectivity index (χ3v) is 5.39. The Bertz CT molecular complexity index is 806. The molecule has 5 nitrogen and oxygen atoms in total. The first-order chi connectivity index (χ1) is 14.4. The smallest absolute Gasteiger partial charge is 0.261 e. The molecule has 0 saturated carbocycles. The van der Waals surface area contributed by atoms with Gasteiger partial charge in [0.25, 0.3) is 5.91 Å². The summed E-state index contributed by atoms with van der Waals surface area (Å²) in [6.45, 7) is 6.89. The number of aryl methyl sites for hydroxylation is 1. The molecule has 0 fully saturated rings. The number of nitrogens with zero attached hydrogens (tertiary/aromatic N) is 1. The van der Waals surface area contributed by atoms with Crippen molar-refractivity contribution >= 4 is 27.7 Å². The number of nitrogens with one attached hydrogen (secondary N) is 1. The number of benzene rings is 2. The lowest BCUT2D eigenvalue weighted by Gasteiger charge is -2.30. The van der Waals surface area contributed by atoms with Crippen molar-refractivity contribution in [1.82, 2.24) is 10.2 Å². The summed E-state index contributed by atoms with van der Waals surface area (Å²) in [4.78, 5) is 27.5. The number of hydrogen-bond acceptors (Lipinski definition) is 3. The molecule has 0 heterocycles. The number of halogens is 1. The van der Waals surface area contributed by atoms with Crippen molar-refractivity contribution in [2.24, 2.45) is 0 Å². The van der Waals surface area contributed by atoms with Crippen LogP contribution in [0.1, 0.15) is 44.2 Å². The van der Waals surface area contributed by atoms with E-state index in [9.17, 15) is 9.59 Å². The number of ether oxygens (including phenoxy) is 1. The van der Waals surface area contributed by atoms with Gasteiger partial charge in [-0.1, -0.05) is 66.0 Å². The van der Waals surface area contributed by atoms with Gasteiger partial charge in [0.05, 0.1) is 0 Å². The quantitative estimate of drug-likeness (QED) is 0.473. The maximum absolute atomic E-state index is 13.1. The van der Waals surface area contributed by atoms with Crippen LogP contribution in [0, 0.1) is 6.92 Å². The molecule has 6 heteroatoms. The highest BCUT2D eigenvalue weighted by Crippen LogP contribution is 2.17. The van der Waals surface area contributed by atoms with Gasteiger partial charge in [0.1, 0.15) is 11.8 Å². The molecule has 0 aromatic heterocycles. The molecule has 0 spiro atoms. The Labute approximate surface area is 187 Å². The number of carbonyl (C=O) groups is 2. The molecule has 0 saturated heterocycles. The lowest BCUT2D eigenvalue weighted by Crippen LogP contribution is -2.50. The molecule has 30 heavy (non-hydrogen) atoms. The monoisotopic (exact) mass is 474 g/mol. The molecular formula is C24H31BrN2O3. The van der Waals surface area contributed by atoms with Crippen LogP contribution in [0.5, 0.6) is 5.75 Å². The van der Waals surface area contributed by atoms with E-state index in [4.69, 9.17) is 4.74 Å². The van der Waals surface area contributed by atoms with E-state index in [0.29, 0.717) is 25.3 Å². The second kappa shape index (κ2) is 12.4. The zero-order valence-corrected chi connectivity index (χ0v) is 19.6. The van der Waals surface area contributed by atoms with Crippen LogP contribution in [-0.4, -0.2) is 35.9 Å². The summed E-state index contributed by atoms with van der Waals surface area (Å²) in [5.74, 6) is 0.285. The fourth-order valence-electron chi connectivity index (χ4n) is 3.07. The van der Waals surface area contributed by atoms with Crippen LogP contribution in [0.3, 0.4) is 0 Å². The van der Waals surface area contributed by atoms with E-state index in [1.54, 1.807) is 17.0 Å². The van der Waals surface area contributed by atoms with Crippen molar-refractivity contribution in [3.63, 3.8) is 0 Å². The van der Waals surface area contributed by atoms with Gasteiger partial charge in [-0.15, -0.1) is 0 Å². The molecule has 1 N–H and O–H groups in total. The summed E-state index contributed by atoms with van der Waals surface area (Å²) in [5.41, 5.74) is 2.14. The maximum atomic E-state index is 13.1. The fourth-order valence-corrected chi connectivity index (χ4v) is 3.34. The Balaban J connectivity index is 2.15. The average Bonchev–Trinajstić information content (AvgIpc) is 2.74. The molecular weight excluding hydrogens is 444 g/mol. The largest absolute Gasteiger partial charge is 0.484 e. The fraction of sp³-hybridized carbons (Fsp3) is 0.417. The van der Waals surface area contributed by atoms with Gasteiger partial charge in [0.15, 0.2) is 6.61 Å². The summed E-state index contributed by atoms with van der Waals surface area (Å²) < 4.78 is 6.63. The minimum absolute atomic E-state index is 0.116. The van der Waals surface area contributed by atoms with E-state index in [1.807, 2.05) is 50.2 Å². The van der Waals surface area contributed by atoms with E-state index in [2.05, 4.69) is 28.2 Å². The summed E-state index contributed by atoms with van der Waals surface area (Å²) in [5, 5.41) is 2.97. The normalized spacial score (nSPS) is 11.6. The second-order valence-electron chi connectivity index (χ2n) is 7.32. The van der Waals surface area contributed by atoms with E-state index < -0.39 is 6.04 Å². The number of unbranched alkanes of at least 4 members (excludes halogenated alkanes) is 1. The molecule has 162 valence electrons. The first kappa shape index (κ1) is 23.9. The molecule has 2 aromatic carbocycles. The highest BCUT2D eigenvalue weighted by molar-refractivity contribution is 9.10. The molecule has 1 atom stereocenters. The van der Waals surface area contributed by atoms with Crippen LogP contribution in [0.2, 0.25) is 0 Å². The van der Waals surface area contributed by atoms with Crippen LogP contribution in [0.15, 0.2) is 53.0 Å². The molecule has 2 amide bonds. The van der Waals surface area contributed by atoms with Gasteiger partial charge in [-0.3, -0.25) is 9.59 Å². The molecule has 0 bridgehead atoms. The van der Waals surface area contributed by atoms with Crippen molar-refractivity contribution in [3.05, 3.63) is 64.1 Å². The Hall–Kier alpha value is -2.34. The van der Waals surface area contributed by atoms with E-state index in [-0.39, 0.29) is 18.4 Å². The minimum Gasteiger partial charge on any atom is -0.484 e. The molecule has 2 aromatic rings. The number of amides is 2. The first-order valence-corrected chi connectivity index (χ1v) is 11.2. The lowest BCUT2D eigenvalue weighted by molar-refractivity contribution is -0.143. The minimum atomic E-state index is -0.538. The summed E-state index contributed by atoms with van der Waals surface area (Å²) in [7, 11) is 0. The van der Waals surface area contributed by atoms with Crippen LogP contribution in [0.25, 0.3) is 0 Å². The number of carbonyl (C=O) groups excluding carboxylic acids is 2. The Morgan fingerprint density at radius 3 is 2.33 bits per heavy atom. The Kier molecular flexibility index (Phi) is 9.87. The Morgan fingerprint density at radius 2 is 1.73 bits per heavy atom. The highest BCUT2D eigenvalue weighted by atomic mass is 79.9. The summed E-state index contributed by atoms with van der Waals surface area (Å²) in [6, 6.07) is 14.8. The third kappa shape index (κ3) is 7.48.